The van der Waals surface area contributed by atoms with Crippen molar-refractivity contribution in [2.45, 2.75) is 26.4 Å². The molecule has 104 valence electrons. The van der Waals surface area contributed by atoms with Gasteiger partial charge in [0.2, 0.25) is 0 Å². The van der Waals surface area contributed by atoms with Gasteiger partial charge < -0.3 is 9.88 Å². The van der Waals surface area contributed by atoms with Crippen LogP contribution in [0, 0.1) is 0 Å². The summed E-state index contributed by atoms with van der Waals surface area (Å²) in [6, 6.07) is 8.60. The second-order valence-corrected chi connectivity index (χ2v) is 5.88. The Balaban J connectivity index is 1.91. The first kappa shape index (κ1) is 13.3. The van der Waals surface area contributed by atoms with E-state index in [1.54, 1.807) is 11.3 Å². The molecule has 1 N–H and O–H groups in total. The van der Waals surface area contributed by atoms with Crippen molar-refractivity contribution in [1.29, 1.82) is 0 Å². The largest absolute Gasteiger partial charge is 0.340 e. The molecule has 0 unspecified atom stereocenters. The summed E-state index contributed by atoms with van der Waals surface area (Å²) in [4.78, 5) is 4.39. The van der Waals surface area contributed by atoms with Gasteiger partial charge in [-0.05, 0) is 24.6 Å². The van der Waals surface area contributed by atoms with Crippen molar-refractivity contribution in [3.8, 4) is 0 Å². The summed E-state index contributed by atoms with van der Waals surface area (Å²) in [5.74, 6) is 0. The van der Waals surface area contributed by atoms with Gasteiger partial charge in [-0.3, -0.25) is 0 Å². The molecule has 20 heavy (non-hydrogen) atoms. The molecule has 0 aliphatic carbocycles. The molecule has 3 nitrogen and oxygen atoms in total. The fraction of sp³-hybridized carbons (Fsp3) is 0.312. The molecule has 0 aliphatic heterocycles. The lowest BCUT2D eigenvalue weighted by Crippen LogP contribution is -2.13. The second-order valence-electron chi connectivity index (χ2n) is 4.90. The monoisotopic (exact) mass is 285 g/mol. The van der Waals surface area contributed by atoms with Crippen LogP contribution in [0.1, 0.15) is 23.9 Å². The quantitative estimate of drug-likeness (QED) is 0.701. The van der Waals surface area contributed by atoms with Crippen molar-refractivity contribution < 1.29 is 0 Å². The Hall–Kier alpha value is -1.65. The molecule has 3 rings (SSSR count). The maximum Gasteiger partial charge on any atom is 0.112 e. The summed E-state index contributed by atoms with van der Waals surface area (Å²) in [6.45, 7) is 5.04. The molecule has 2 aromatic heterocycles. The van der Waals surface area contributed by atoms with E-state index >= 15 is 0 Å². The summed E-state index contributed by atoms with van der Waals surface area (Å²) < 4.78 is 2.30. The lowest BCUT2D eigenvalue weighted by molar-refractivity contribution is 0.675. The highest BCUT2D eigenvalue weighted by molar-refractivity contribution is 7.09. The van der Waals surface area contributed by atoms with Crippen LogP contribution in [0.4, 0.5) is 0 Å². The molecule has 0 spiro atoms. The minimum atomic E-state index is 0.853. The third-order valence-corrected chi connectivity index (χ3v) is 4.17. The number of benzene rings is 1. The zero-order chi connectivity index (χ0) is 13.8. The Morgan fingerprint density at radius 3 is 3.00 bits per heavy atom. The normalized spacial score (nSPS) is 11.2. The van der Waals surface area contributed by atoms with Crippen LogP contribution in [0.25, 0.3) is 10.9 Å². The molecule has 0 radical (unpaired) electrons. The Morgan fingerprint density at radius 1 is 1.30 bits per heavy atom. The number of hydrogen-bond donors (Lipinski definition) is 1. The highest BCUT2D eigenvalue weighted by atomic mass is 32.1. The predicted octanol–water partition coefficient (Wildman–Crippen LogP) is 3.65. The molecule has 0 aliphatic rings. The third-order valence-electron chi connectivity index (χ3n) is 3.40. The van der Waals surface area contributed by atoms with Gasteiger partial charge >= 0.3 is 0 Å². The van der Waals surface area contributed by atoms with Crippen LogP contribution in [0.15, 0.2) is 42.0 Å². The fourth-order valence-electron chi connectivity index (χ4n) is 2.47. The molecule has 0 amide bonds. The Morgan fingerprint density at radius 2 is 2.20 bits per heavy atom. The van der Waals surface area contributed by atoms with Gasteiger partial charge in [-0.2, -0.15) is 0 Å². The number of fused-ring (bicyclic) bond motifs is 1. The van der Waals surface area contributed by atoms with Gasteiger partial charge in [-0.25, -0.2) is 4.98 Å². The minimum Gasteiger partial charge on any atom is -0.340 e. The van der Waals surface area contributed by atoms with Crippen LogP contribution in [0.3, 0.4) is 0 Å². The number of thiazole rings is 1. The van der Waals surface area contributed by atoms with Gasteiger partial charge in [0.05, 0.1) is 6.54 Å². The van der Waals surface area contributed by atoms with Crippen molar-refractivity contribution in [3.05, 3.63) is 52.6 Å². The Kier molecular flexibility index (Phi) is 4.14. The van der Waals surface area contributed by atoms with Crippen LogP contribution in [-0.4, -0.2) is 16.1 Å². The van der Waals surface area contributed by atoms with Gasteiger partial charge in [0, 0.05) is 35.2 Å². The minimum absolute atomic E-state index is 0.853. The fourth-order valence-corrected chi connectivity index (χ4v) is 3.09. The second kappa shape index (κ2) is 6.20. The molecule has 0 bridgehead atoms. The van der Waals surface area contributed by atoms with Crippen LogP contribution in [-0.2, 0) is 13.1 Å². The van der Waals surface area contributed by atoms with E-state index in [2.05, 4.69) is 52.3 Å². The van der Waals surface area contributed by atoms with Crippen molar-refractivity contribution in [3.63, 3.8) is 0 Å². The molecule has 0 saturated carbocycles. The predicted molar refractivity (Wildman–Crippen MR) is 85.2 cm³/mol. The van der Waals surface area contributed by atoms with Crippen molar-refractivity contribution in [2.24, 2.45) is 0 Å². The molecule has 0 atom stereocenters. The van der Waals surface area contributed by atoms with Crippen LogP contribution in [0.2, 0.25) is 0 Å². The van der Waals surface area contributed by atoms with Gasteiger partial charge in [0.15, 0.2) is 0 Å². The molecule has 0 saturated heterocycles. The summed E-state index contributed by atoms with van der Waals surface area (Å²) >= 11 is 1.71. The lowest BCUT2D eigenvalue weighted by Gasteiger charge is -2.01. The van der Waals surface area contributed by atoms with Crippen molar-refractivity contribution in [1.82, 2.24) is 14.9 Å². The van der Waals surface area contributed by atoms with Crippen LogP contribution in [0.5, 0.6) is 0 Å². The van der Waals surface area contributed by atoms with Crippen LogP contribution >= 0.6 is 11.3 Å². The molecule has 3 aromatic rings. The molecule has 2 heterocycles. The topological polar surface area (TPSA) is 29.9 Å². The first-order chi connectivity index (χ1) is 9.88. The number of rotatable bonds is 6. The summed E-state index contributed by atoms with van der Waals surface area (Å²) in [7, 11) is 0. The first-order valence-corrected chi connectivity index (χ1v) is 7.92. The highest BCUT2D eigenvalue weighted by Crippen LogP contribution is 2.22. The molecular formula is C16H19N3S. The van der Waals surface area contributed by atoms with E-state index in [-0.39, 0.29) is 0 Å². The average Bonchev–Trinajstić information content (AvgIpc) is 3.09. The van der Waals surface area contributed by atoms with Gasteiger partial charge in [0.1, 0.15) is 5.01 Å². The number of nitrogens with zero attached hydrogens (tertiary/aromatic N) is 2. The lowest BCUT2D eigenvalue weighted by atomic mass is 10.2. The summed E-state index contributed by atoms with van der Waals surface area (Å²) in [5.41, 5.74) is 2.65. The van der Waals surface area contributed by atoms with E-state index < -0.39 is 0 Å². The molecule has 0 fully saturated rings. The average molecular weight is 285 g/mol. The number of aromatic nitrogens is 2. The maximum absolute atomic E-state index is 4.39. The van der Waals surface area contributed by atoms with E-state index in [0.29, 0.717) is 0 Å². The summed E-state index contributed by atoms with van der Waals surface area (Å²) in [5, 5.41) is 8.01. The van der Waals surface area contributed by atoms with Gasteiger partial charge in [-0.1, -0.05) is 25.1 Å². The van der Waals surface area contributed by atoms with Crippen molar-refractivity contribution in [2.75, 3.05) is 6.54 Å². The van der Waals surface area contributed by atoms with E-state index in [9.17, 15) is 0 Å². The zero-order valence-corrected chi connectivity index (χ0v) is 12.5. The van der Waals surface area contributed by atoms with Crippen molar-refractivity contribution >= 4 is 22.2 Å². The zero-order valence-electron chi connectivity index (χ0n) is 11.7. The van der Waals surface area contributed by atoms with E-state index in [0.717, 1.165) is 31.1 Å². The van der Waals surface area contributed by atoms with Crippen LogP contribution < -0.4 is 5.32 Å². The highest BCUT2D eigenvalue weighted by Gasteiger charge is 2.08. The standard InChI is InChI=1S/C16H19N3S/c1-2-7-17-10-13-11-19(12-16-18-8-9-20-16)15-6-4-3-5-14(13)15/h3-6,8-9,11,17H,2,7,10,12H2,1H3. The Labute approximate surface area is 123 Å². The third kappa shape index (κ3) is 2.76. The van der Waals surface area contributed by atoms with E-state index in [1.807, 2.05) is 11.6 Å². The van der Waals surface area contributed by atoms with E-state index in [1.165, 1.54) is 16.5 Å². The number of hydrogen-bond acceptors (Lipinski definition) is 3. The smallest absolute Gasteiger partial charge is 0.112 e. The number of nitrogens with one attached hydrogen (secondary N) is 1. The first-order valence-electron chi connectivity index (χ1n) is 7.04. The SMILES string of the molecule is CCCNCc1cn(Cc2nccs2)c2ccccc12. The Bertz CT molecular complexity index is 670. The summed E-state index contributed by atoms with van der Waals surface area (Å²) in [6.07, 6.45) is 5.29. The molecule has 4 heteroatoms. The molecule has 1 aromatic carbocycles. The maximum atomic E-state index is 4.39. The van der Waals surface area contributed by atoms with Gasteiger partial charge in [-0.15, -0.1) is 11.3 Å². The van der Waals surface area contributed by atoms with E-state index in [4.69, 9.17) is 0 Å². The van der Waals surface area contributed by atoms with Gasteiger partial charge in [0.25, 0.3) is 0 Å². The number of para-hydroxylation sites is 1. The molecular weight excluding hydrogens is 266 g/mol.